The molecule has 0 aliphatic carbocycles. The highest BCUT2D eigenvalue weighted by Crippen LogP contribution is 2.12. The summed E-state index contributed by atoms with van der Waals surface area (Å²) in [5.74, 6) is 0. The highest BCUT2D eigenvalue weighted by atomic mass is 16.6. The Kier molecular flexibility index (Phi) is 6.73. The number of nitrogens with one attached hydrogen (secondary N) is 1. The number of amides is 1. The first kappa shape index (κ1) is 16.5. The van der Waals surface area contributed by atoms with Crippen molar-refractivity contribution in [1.29, 1.82) is 0 Å². The number of rotatable bonds is 5. The van der Waals surface area contributed by atoms with Gasteiger partial charge in [-0.1, -0.05) is 0 Å². The maximum atomic E-state index is 11.7. The molecule has 6 nitrogen and oxygen atoms in total. The molecule has 1 unspecified atom stereocenters. The standard InChI is InChI=1S/C15H29N3O3/c1-3-21-15(19)18-6-4-14(5-7-18)16-13(2)12-17-8-10-20-11-9-17/h13-14,16H,3-12H2,1-2H3. The van der Waals surface area contributed by atoms with Gasteiger partial charge in [-0.3, -0.25) is 4.90 Å². The highest BCUT2D eigenvalue weighted by molar-refractivity contribution is 5.67. The average molecular weight is 299 g/mol. The Hall–Kier alpha value is -0.850. The van der Waals surface area contributed by atoms with E-state index in [2.05, 4.69) is 17.1 Å². The van der Waals surface area contributed by atoms with Crippen molar-refractivity contribution >= 4 is 6.09 Å². The van der Waals surface area contributed by atoms with E-state index in [4.69, 9.17) is 9.47 Å². The first-order valence-corrected chi connectivity index (χ1v) is 8.17. The Bertz CT molecular complexity index is 313. The summed E-state index contributed by atoms with van der Waals surface area (Å²) < 4.78 is 10.4. The van der Waals surface area contributed by atoms with Crippen LogP contribution in [-0.4, -0.2) is 80.5 Å². The third kappa shape index (κ3) is 5.45. The second kappa shape index (κ2) is 8.56. The number of carbonyl (C=O) groups is 1. The van der Waals surface area contributed by atoms with E-state index in [0.717, 1.165) is 58.8 Å². The number of hydrogen-bond acceptors (Lipinski definition) is 5. The molecule has 2 rings (SSSR count). The molecule has 2 fully saturated rings. The van der Waals surface area contributed by atoms with Gasteiger partial charge >= 0.3 is 6.09 Å². The van der Waals surface area contributed by atoms with Crippen molar-refractivity contribution in [3.8, 4) is 0 Å². The van der Waals surface area contributed by atoms with Crippen LogP contribution in [0.2, 0.25) is 0 Å². The smallest absolute Gasteiger partial charge is 0.409 e. The fourth-order valence-electron chi connectivity index (χ4n) is 3.07. The molecule has 2 aliphatic heterocycles. The minimum absolute atomic E-state index is 0.169. The summed E-state index contributed by atoms with van der Waals surface area (Å²) in [6, 6.07) is 0.981. The van der Waals surface area contributed by atoms with E-state index in [-0.39, 0.29) is 6.09 Å². The SMILES string of the molecule is CCOC(=O)N1CCC(NC(C)CN2CCOCC2)CC1. The Balaban J connectivity index is 1.64. The van der Waals surface area contributed by atoms with Gasteiger partial charge in [0.1, 0.15) is 0 Å². The summed E-state index contributed by atoms with van der Waals surface area (Å²) >= 11 is 0. The van der Waals surface area contributed by atoms with Crippen LogP contribution in [-0.2, 0) is 9.47 Å². The first-order valence-electron chi connectivity index (χ1n) is 8.17. The quantitative estimate of drug-likeness (QED) is 0.818. The maximum absolute atomic E-state index is 11.7. The Morgan fingerprint density at radius 2 is 1.95 bits per heavy atom. The molecule has 122 valence electrons. The van der Waals surface area contributed by atoms with E-state index in [9.17, 15) is 4.79 Å². The fraction of sp³-hybridized carbons (Fsp3) is 0.933. The number of piperidine rings is 1. The molecule has 0 saturated carbocycles. The fourth-order valence-corrected chi connectivity index (χ4v) is 3.07. The second-order valence-corrected chi connectivity index (χ2v) is 5.94. The van der Waals surface area contributed by atoms with Crippen molar-refractivity contribution in [3.05, 3.63) is 0 Å². The molecule has 0 radical (unpaired) electrons. The van der Waals surface area contributed by atoms with Crippen molar-refractivity contribution in [1.82, 2.24) is 15.1 Å². The van der Waals surface area contributed by atoms with Crippen LogP contribution >= 0.6 is 0 Å². The van der Waals surface area contributed by atoms with Gasteiger partial charge in [-0.15, -0.1) is 0 Å². The van der Waals surface area contributed by atoms with Crippen LogP contribution < -0.4 is 5.32 Å². The average Bonchev–Trinajstić information content (AvgIpc) is 2.49. The monoisotopic (exact) mass is 299 g/mol. The molecule has 1 N–H and O–H groups in total. The van der Waals surface area contributed by atoms with Crippen molar-refractivity contribution in [3.63, 3.8) is 0 Å². The molecule has 1 amide bonds. The Morgan fingerprint density at radius 1 is 1.29 bits per heavy atom. The molecule has 0 aromatic rings. The Labute approximate surface area is 127 Å². The number of ether oxygens (including phenoxy) is 2. The van der Waals surface area contributed by atoms with Crippen LogP contribution in [0.5, 0.6) is 0 Å². The van der Waals surface area contributed by atoms with Crippen LogP contribution in [0.1, 0.15) is 26.7 Å². The normalized spacial score (nSPS) is 23.0. The lowest BCUT2D eigenvalue weighted by atomic mass is 10.0. The summed E-state index contributed by atoms with van der Waals surface area (Å²) in [6.45, 7) is 11.0. The number of hydrogen-bond donors (Lipinski definition) is 1. The molecule has 2 heterocycles. The van der Waals surface area contributed by atoms with E-state index in [1.54, 1.807) is 0 Å². The van der Waals surface area contributed by atoms with Gasteiger partial charge in [0.25, 0.3) is 0 Å². The zero-order chi connectivity index (χ0) is 15.1. The molecule has 6 heteroatoms. The van der Waals surface area contributed by atoms with Gasteiger partial charge in [-0.25, -0.2) is 4.79 Å². The van der Waals surface area contributed by atoms with Crippen LogP contribution in [0.15, 0.2) is 0 Å². The summed E-state index contributed by atoms with van der Waals surface area (Å²) in [5, 5.41) is 3.70. The molecule has 2 aliphatic rings. The highest BCUT2D eigenvalue weighted by Gasteiger charge is 2.24. The number of likely N-dealkylation sites (tertiary alicyclic amines) is 1. The lowest BCUT2D eigenvalue weighted by Gasteiger charge is -2.35. The molecule has 0 spiro atoms. The summed E-state index contributed by atoms with van der Waals surface area (Å²) in [5.41, 5.74) is 0. The van der Waals surface area contributed by atoms with Crippen molar-refractivity contribution in [2.75, 3.05) is 52.5 Å². The molecule has 2 saturated heterocycles. The molecule has 1 atom stereocenters. The van der Waals surface area contributed by atoms with Crippen molar-refractivity contribution < 1.29 is 14.3 Å². The van der Waals surface area contributed by atoms with Gasteiger partial charge in [0, 0.05) is 44.8 Å². The zero-order valence-corrected chi connectivity index (χ0v) is 13.3. The molecular weight excluding hydrogens is 270 g/mol. The minimum atomic E-state index is -0.169. The summed E-state index contributed by atoms with van der Waals surface area (Å²) in [6.07, 6.45) is 1.84. The van der Waals surface area contributed by atoms with Gasteiger partial charge in [0.15, 0.2) is 0 Å². The van der Waals surface area contributed by atoms with Gasteiger partial charge in [0.05, 0.1) is 19.8 Å². The van der Waals surface area contributed by atoms with Gasteiger partial charge in [-0.2, -0.15) is 0 Å². The summed E-state index contributed by atoms with van der Waals surface area (Å²) in [7, 11) is 0. The lowest BCUT2D eigenvalue weighted by Crippen LogP contribution is -2.51. The largest absolute Gasteiger partial charge is 0.450 e. The van der Waals surface area contributed by atoms with Crippen LogP contribution in [0, 0.1) is 0 Å². The molecule has 21 heavy (non-hydrogen) atoms. The van der Waals surface area contributed by atoms with Crippen LogP contribution in [0.25, 0.3) is 0 Å². The molecule has 0 bridgehead atoms. The van der Waals surface area contributed by atoms with E-state index in [1.165, 1.54) is 0 Å². The van der Waals surface area contributed by atoms with Gasteiger partial charge in [-0.05, 0) is 26.7 Å². The number of morpholine rings is 1. The van der Waals surface area contributed by atoms with E-state index < -0.39 is 0 Å². The third-order valence-corrected chi connectivity index (χ3v) is 4.18. The Morgan fingerprint density at radius 3 is 2.57 bits per heavy atom. The van der Waals surface area contributed by atoms with Crippen LogP contribution in [0.4, 0.5) is 4.79 Å². The van der Waals surface area contributed by atoms with Gasteiger partial charge < -0.3 is 19.7 Å². The van der Waals surface area contributed by atoms with Crippen molar-refractivity contribution in [2.24, 2.45) is 0 Å². The second-order valence-electron chi connectivity index (χ2n) is 5.94. The molecular formula is C15H29N3O3. The van der Waals surface area contributed by atoms with Crippen LogP contribution in [0.3, 0.4) is 0 Å². The first-order chi connectivity index (χ1) is 10.2. The molecule has 0 aromatic heterocycles. The summed E-state index contributed by atoms with van der Waals surface area (Å²) in [4.78, 5) is 15.9. The lowest BCUT2D eigenvalue weighted by molar-refractivity contribution is 0.0332. The molecule has 0 aromatic carbocycles. The number of carbonyl (C=O) groups excluding carboxylic acids is 1. The van der Waals surface area contributed by atoms with E-state index >= 15 is 0 Å². The van der Waals surface area contributed by atoms with E-state index in [1.807, 2.05) is 11.8 Å². The third-order valence-electron chi connectivity index (χ3n) is 4.18. The minimum Gasteiger partial charge on any atom is -0.450 e. The topological polar surface area (TPSA) is 54.0 Å². The van der Waals surface area contributed by atoms with Gasteiger partial charge in [0.2, 0.25) is 0 Å². The predicted molar refractivity (Wildman–Crippen MR) is 81.5 cm³/mol. The zero-order valence-electron chi connectivity index (χ0n) is 13.3. The van der Waals surface area contributed by atoms with Crippen molar-refractivity contribution in [2.45, 2.75) is 38.8 Å². The number of nitrogens with zero attached hydrogens (tertiary/aromatic N) is 2. The predicted octanol–water partition coefficient (Wildman–Crippen LogP) is 0.918. The maximum Gasteiger partial charge on any atom is 0.409 e. The van der Waals surface area contributed by atoms with E-state index in [0.29, 0.717) is 18.7 Å².